The second kappa shape index (κ2) is 4.33. The standard InChI is InChI=1S/C13H21N3O/c1-9-7-16(12-3-4-12)13(14-9)15-10(2)11-5-6-17-8-11/h7,10-12H,3-6,8H2,1-2H3,(H,14,15). The molecule has 94 valence electrons. The molecule has 2 heterocycles. The SMILES string of the molecule is Cc1cn(C2CC2)c(NC(C)C2CCOC2)n1. The maximum absolute atomic E-state index is 5.44. The Morgan fingerprint density at radius 2 is 2.29 bits per heavy atom. The number of hydrogen-bond acceptors (Lipinski definition) is 3. The molecule has 0 radical (unpaired) electrons. The normalized spacial score (nSPS) is 26.1. The molecule has 1 aromatic rings. The number of ether oxygens (including phenoxy) is 1. The first kappa shape index (κ1) is 11.1. The summed E-state index contributed by atoms with van der Waals surface area (Å²) in [5.74, 6) is 1.67. The van der Waals surface area contributed by atoms with Gasteiger partial charge >= 0.3 is 0 Å². The summed E-state index contributed by atoms with van der Waals surface area (Å²) in [6.07, 6.45) is 5.92. The molecule has 0 spiro atoms. The lowest BCUT2D eigenvalue weighted by Crippen LogP contribution is -2.27. The Morgan fingerprint density at radius 1 is 1.47 bits per heavy atom. The van der Waals surface area contributed by atoms with Gasteiger partial charge in [0.25, 0.3) is 0 Å². The summed E-state index contributed by atoms with van der Waals surface area (Å²) in [6, 6.07) is 1.13. The van der Waals surface area contributed by atoms with Crippen LogP contribution in [0.3, 0.4) is 0 Å². The van der Waals surface area contributed by atoms with Crippen molar-refractivity contribution in [2.24, 2.45) is 5.92 Å². The first-order valence-corrected chi connectivity index (χ1v) is 6.64. The number of nitrogens with one attached hydrogen (secondary N) is 1. The lowest BCUT2D eigenvalue weighted by molar-refractivity contribution is 0.183. The fourth-order valence-electron chi connectivity index (χ4n) is 2.52. The zero-order chi connectivity index (χ0) is 11.8. The molecule has 2 atom stereocenters. The highest BCUT2D eigenvalue weighted by Gasteiger charge is 2.28. The molecule has 1 saturated carbocycles. The summed E-state index contributed by atoms with van der Waals surface area (Å²) in [5, 5.41) is 3.57. The van der Waals surface area contributed by atoms with Crippen molar-refractivity contribution < 1.29 is 4.74 Å². The van der Waals surface area contributed by atoms with Gasteiger partial charge in [0.15, 0.2) is 0 Å². The van der Waals surface area contributed by atoms with Crippen LogP contribution in [-0.2, 0) is 4.74 Å². The summed E-state index contributed by atoms with van der Waals surface area (Å²) in [7, 11) is 0. The van der Waals surface area contributed by atoms with E-state index < -0.39 is 0 Å². The largest absolute Gasteiger partial charge is 0.381 e. The first-order chi connectivity index (χ1) is 8.24. The molecule has 2 aliphatic rings. The van der Waals surface area contributed by atoms with Crippen LogP contribution >= 0.6 is 0 Å². The van der Waals surface area contributed by atoms with E-state index in [2.05, 4.69) is 34.9 Å². The van der Waals surface area contributed by atoms with E-state index in [1.54, 1.807) is 0 Å². The van der Waals surface area contributed by atoms with Gasteiger partial charge in [-0.25, -0.2) is 4.98 Å². The van der Waals surface area contributed by atoms with Gasteiger partial charge in [-0.1, -0.05) is 0 Å². The van der Waals surface area contributed by atoms with E-state index in [0.29, 0.717) is 18.0 Å². The number of hydrogen-bond donors (Lipinski definition) is 1. The monoisotopic (exact) mass is 235 g/mol. The van der Waals surface area contributed by atoms with Crippen LogP contribution in [0.2, 0.25) is 0 Å². The minimum absolute atomic E-state index is 0.441. The molecule has 17 heavy (non-hydrogen) atoms. The van der Waals surface area contributed by atoms with Gasteiger partial charge in [-0.05, 0) is 33.1 Å². The van der Waals surface area contributed by atoms with Crippen molar-refractivity contribution >= 4 is 5.95 Å². The number of rotatable bonds is 4. The summed E-state index contributed by atoms with van der Waals surface area (Å²) in [4.78, 5) is 4.59. The van der Waals surface area contributed by atoms with Crippen LogP contribution in [-0.4, -0.2) is 28.8 Å². The third-order valence-corrected chi connectivity index (χ3v) is 3.82. The van der Waals surface area contributed by atoms with Crippen molar-refractivity contribution in [2.75, 3.05) is 18.5 Å². The minimum atomic E-state index is 0.441. The average Bonchev–Trinajstić information content (AvgIpc) is 2.86. The number of anilines is 1. The Kier molecular flexibility index (Phi) is 2.82. The van der Waals surface area contributed by atoms with Gasteiger partial charge in [-0.15, -0.1) is 0 Å². The molecular formula is C13H21N3O. The van der Waals surface area contributed by atoms with Crippen molar-refractivity contribution in [1.29, 1.82) is 0 Å². The van der Waals surface area contributed by atoms with E-state index in [1.165, 1.54) is 12.8 Å². The van der Waals surface area contributed by atoms with E-state index in [9.17, 15) is 0 Å². The van der Waals surface area contributed by atoms with Gasteiger partial charge in [0.2, 0.25) is 5.95 Å². The van der Waals surface area contributed by atoms with Gasteiger partial charge < -0.3 is 14.6 Å². The van der Waals surface area contributed by atoms with E-state index in [0.717, 1.165) is 31.3 Å². The smallest absolute Gasteiger partial charge is 0.203 e. The molecule has 0 bridgehead atoms. The maximum atomic E-state index is 5.44. The molecular weight excluding hydrogens is 214 g/mol. The number of aromatic nitrogens is 2. The molecule has 1 aliphatic heterocycles. The van der Waals surface area contributed by atoms with E-state index in [-0.39, 0.29) is 0 Å². The summed E-state index contributed by atoms with van der Waals surface area (Å²) >= 11 is 0. The highest BCUT2D eigenvalue weighted by molar-refractivity contribution is 5.32. The van der Waals surface area contributed by atoms with Crippen LogP contribution in [0.4, 0.5) is 5.95 Å². The molecule has 1 aromatic heterocycles. The van der Waals surface area contributed by atoms with Crippen LogP contribution in [0, 0.1) is 12.8 Å². The third-order valence-electron chi connectivity index (χ3n) is 3.82. The molecule has 3 rings (SSSR count). The summed E-state index contributed by atoms with van der Waals surface area (Å²) in [5.41, 5.74) is 1.11. The Hall–Kier alpha value is -1.03. The lowest BCUT2D eigenvalue weighted by atomic mass is 10.0. The average molecular weight is 235 g/mol. The quantitative estimate of drug-likeness (QED) is 0.870. The Bertz CT molecular complexity index is 391. The topological polar surface area (TPSA) is 39.1 Å². The fourth-order valence-corrected chi connectivity index (χ4v) is 2.52. The zero-order valence-electron chi connectivity index (χ0n) is 10.6. The van der Waals surface area contributed by atoms with E-state index in [1.807, 2.05) is 0 Å². The van der Waals surface area contributed by atoms with Crippen molar-refractivity contribution in [2.45, 2.75) is 45.2 Å². The summed E-state index contributed by atoms with van der Waals surface area (Å²) < 4.78 is 7.75. The molecule has 0 aromatic carbocycles. The molecule has 1 saturated heterocycles. The first-order valence-electron chi connectivity index (χ1n) is 6.64. The Morgan fingerprint density at radius 3 is 2.94 bits per heavy atom. The predicted octanol–water partition coefficient (Wildman–Crippen LogP) is 2.36. The third kappa shape index (κ3) is 2.32. The van der Waals surface area contributed by atoms with E-state index >= 15 is 0 Å². The van der Waals surface area contributed by atoms with Gasteiger partial charge in [-0.3, -0.25) is 0 Å². The number of nitrogens with zero attached hydrogens (tertiary/aromatic N) is 2. The summed E-state index contributed by atoms with van der Waals surface area (Å²) in [6.45, 7) is 6.10. The molecule has 1 N–H and O–H groups in total. The van der Waals surface area contributed by atoms with Crippen molar-refractivity contribution in [3.05, 3.63) is 11.9 Å². The number of imidazole rings is 1. The zero-order valence-corrected chi connectivity index (χ0v) is 10.6. The van der Waals surface area contributed by atoms with Crippen LogP contribution in [0.25, 0.3) is 0 Å². The van der Waals surface area contributed by atoms with Gasteiger partial charge in [0.05, 0.1) is 12.3 Å². The van der Waals surface area contributed by atoms with Crippen LogP contribution in [0.1, 0.15) is 37.9 Å². The van der Waals surface area contributed by atoms with Crippen molar-refractivity contribution in [3.8, 4) is 0 Å². The van der Waals surface area contributed by atoms with Crippen molar-refractivity contribution in [3.63, 3.8) is 0 Å². The lowest BCUT2D eigenvalue weighted by Gasteiger charge is -2.20. The minimum Gasteiger partial charge on any atom is -0.381 e. The predicted molar refractivity (Wildman–Crippen MR) is 67.2 cm³/mol. The van der Waals surface area contributed by atoms with Gasteiger partial charge in [0.1, 0.15) is 0 Å². The molecule has 2 fully saturated rings. The molecule has 4 nitrogen and oxygen atoms in total. The van der Waals surface area contributed by atoms with Gasteiger partial charge in [-0.2, -0.15) is 0 Å². The van der Waals surface area contributed by atoms with Gasteiger partial charge in [0, 0.05) is 30.8 Å². The number of aryl methyl sites for hydroxylation is 1. The van der Waals surface area contributed by atoms with Crippen molar-refractivity contribution in [1.82, 2.24) is 9.55 Å². The maximum Gasteiger partial charge on any atom is 0.203 e. The van der Waals surface area contributed by atoms with Crippen LogP contribution in [0.5, 0.6) is 0 Å². The Balaban J connectivity index is 1.70. The second-order valence-electron chi connectivity index (χ2n) is 5.40. The van der Waals surface area contributed by atoms with E-state index in [4.69, 9.17) is 4.74 Å². The molecule has 4 heteroatoms. The van der Waals surface area contributed by atoms with Crippen LogP contribution in [0.15, 0.2) is 6.20 Å². The Labute approximate surface area is 102 Å². The second-order valence-corrected chi connectivity index (χ2v) is 5.40. The molecule has 2 unspecified atom stereocenters. The molecule has 1 aliphatic carbocycles. The fraction of sp³-hybridized carbons (Fsp3) is 0.769. The van der Waals surface area contributed by atoms with Crippen LogP contribution < -0.4 is 5.32 Å². The highest BCUT2D eigenvalue weighted by atomic mass is 16.5. The molecule has 0 amide bonds. The highest BCUT2D eigenvalue weighted by Crippen LogP contribution is 2.37.